The molecule has 1 aromatic heterocycles. The van der Waals surface area contributed by atoms with Crippen molar-refractivity contribution in [3.05, 3.63) is 12.7 Å². The molecule has 2 aliphatic rings. The second-order valence-electron chi connectivity index (χ2n) is 5.82. The molecule has 22 heavy (non-hydrogen) atoms. The number of carbonyl (C=O) groups is 2. The van der Waals surface area contributed by atoms with E-state index < -0.39 is 0 Å². The molecule has 120 valence electrons. The molecule has 1 N–H and O–H groups in total. The fourth-order valence-electron chi connectivity index (χ4n) is 3.17. The Morgan fingerprint density at radius 2 is 2.32 bits per heavy atom. The van der Waals surface area contributed by atoms with Gasteiger partial charge < -0.3 is 15.1 Å². The van der Waals surface area contributed by atoms with Gasteiger partial charge in [0.25, 0.3) is 0 Å². The first kappa shape index (κ1) is 14.8. The smallest absolute Gasteiger partial charge is 0.317 e. The van der Waals surface area contributed by atoms with E-state index in [1.165, 1.54) is 6.33 Å². The highest BCUT2D eigenvalue weighted by molar-refractivity contribution is 5.78. The van der Waals surface area contributed by atoms with Gasteiger partial charge in [-0.2, -0.15) is 5.10 Å². The quantitative estimate of drug-likeness (QED) is 0.835. The van der Waals surface area contributed by atoms with Crippen LogP contribution in [0.25, 0.3) is 0 Å². The topological polar surface area (TPSA) is 83.4 Å². The third-order valence-corrected chi connectivity index (χ3v) is 4.32. The van der Waals surface area contributed by atoms with Crippen LogP contribution in [-0.4, -0.2) is 68.7 Å². The van der Waals surface area contributed by atoms with E-state index in [0.29, 0.717) is 26.1 Å². The molecule has 2 saturated heterocycles. The van der Waals surface area contributed by atoms with Crippen LogP contribution < -0.4 is 5.32 Å². The van der Waals surface area contributed by atoms with Crippen molar-refractivity contribution < 1.29 is 9.59 Å². The molecule has 0 aromatic carbocycles. The minimum absolute atomic E-state index is 0.00508. The molecule has 0 spiro atoms. The van der Waals surface area contributed by atoms with Gasteiger partial charge in [0.1, 0.15) is 12.7 Å². The zero-order valence-electron chi connectivity index (χ0n) is 12.6. The molecular formula is C14H22N6O2. The number of rotatable bonds is 5. The SMILES string of the molecule is O=C(CCCn1cncn1)N1CCC[C@@H](N2CCNC2=O)C1. The Hall–Kier alpha value is -2.12. The highest BCUT2D eigenvalue weighted by atomic mass is 16.2. The van der Waals surface area contributed by atoms with Crippen LogP contribution in [0.1, 0.15) is 25.7 Å². The molecule has 1 aromatic rings. The van der Waals surface area contributed by atoms with Crippen molar-refractivity contribution in [2.45, 2.75) is 38.3 Å². The number of nitrogens with zero attached hydrogens (tertiary/aromatic N) is 5. The van der Waals surface area contributed by atoms with Crippen LogP contribution in [-0.2, 0) is 11.3 Å². The molecule has 2 aliphatic heterocycles. The molecule has 0 aliphatic carbocycles. The maximum absolute atomic E-state index is 12.3. The van der Waals surface area contributed by atoms with Crippen LogP contribution in [0.4, 0.5) is 4.79 Å². The molecule has 3 amide bonds. The summed E-state index contributed by atoms with van der Waals surface area (Å²) in [6.45, 7) is 3.63. The summed E-state index contributed by atoms with van der Waals surface area (Å²) in [5.74, 6) is 0.171. The lowest BCUT2D eigenvalue weighted by molar-refractivity contribution is -0.133. The summed E-state index contributed by atoms with van der Waals surface area (Å²) < 4.78 is 1.74. The first-order valence-corrected chi connectivity index (χ1v) is 7.88. The van der Waals surface area contributed by atoms with E-state index in [-0.39, 0.29) is 18.0 Å². The van der Waals surface area contributed by atoms with Crippen LogP contribution in [0.3, 0.4) is 0 Å². The Morgan fingerprint density at radius 3 is 3.05 bits per heavy atom. The lowest BCUT2D eigenvalue weighted by Gasteiger charge is -2.37. The van der Waals surface area contributed by atoms with Crippen LogP contribution >= 0.6 is 0 Å². The summed E-state index contributed by atoms with van der Waals surface area (Å²) in [5, 5.41) is 6.86. The third kappa shape index (κ3) is 3.37. The Labute approximate surface area is 129 Å². The van der Waals surface area contributed by atoms with Gasteiger partial charge in [-0.25, -0.2) is 9.78 Å². The van der Waals surface area contributed by atoms with Gasteiger partial charge in [0.2, 0.25) is 5.91 Å². The molecule has 0 bridgehead atoms. The van der Waals surface area contributed by atoms with E-state index in [2.05, 4.69) is 15.4 Å². The van der Waals surface area contributed by atoms with Crippen molar-refractivity contribution >= 4 is 11.9 Å². The van der Waals surface area contributed by atoms with Crippen LogP contribution in [0, 0.1) is 0 Å². The van der Waals surface area contributed by atoms with E-state index in [1.54, 1.807) is 11.0 Å². The minimum Gasteiger partial charge on any atom is -0.341 e. The summed E-state index contributed by atoms with van der Waals surface area (Å²) in [5.41, 5.74) is 0. The highest BCUT2D eigenvalue weighted by Crippen LogP contribution is 2.18. The van der Waals surface area contributed by atoms with Gasteiger partial charge in [0, 0.05) is 39.1 Å². The monoisotopic (exact) mass is 306 g/mol. The maximum atomic E-state index is 12.3. The number of likely N-dealkylation sites (tertiary alicyclic amines) is 1. The number of amides is 3. The van der Waals surface area contributed by atoms with Crippen molar-refractivity contribution in [1.82, 2.24) is 29.9 Å². The number of urea groups is 1. The standard InChI is InChI=1S/C14H22N6O2/c21-13(4-2-7-19-11-15-10-17-19)18-6-1-3-12(9-18)20-8-5-16-14(20)22/h10-12H,1-9H2,(H,16,22)/t12-/m1/s1. The second-order valence-corrected chi connectivity index (χ2v) is 5.82. The van der Waals surface area contributed by atoms with Gasteiger partial charge in [-0.3, -0.25) is 9.48 Å². The Kier molecular flexibility index (Phi) is 4.55. The van der Waals surface area contributed by atoms with Crippen molar-refractivity contribution in [1.29, 1.82) is 0 Å². The largest absolute Gasteiger partial charge is 0.341 e. The number of hydrogen-bond donors (Lipinski definition) is 1. The number of aromatic nitrogens is 3. The maximum Gasteiger partial charge on any atom is 0.317 e. The molecule has 0 radical (unpaired) electrons. The Balaban J connectivity index is 1.46. The van der Waals surface area contributed by atoms with Crippen molar-refractivity contribution in [2.75, 3.05) is 26.2 Å². The van der Waals surface area contributed by atoms with Crippen molar-refractivity contribution in [2.24, 2.45) is 0 Å². The zero-order chi connectivity index (χ0) is 15.4. The number of hydrogen-bond acceptors (Lipinski definition) is 4. The zero-order valence-corrected chi connectivity index (χ0v) is 12.6. The summed E-state index contributed by atoms with van der Waals surface area (Å²) in [4.78, 5) is 31.7. The molecule has 0 unspecified atom stereocenters. The first-order chi connectivity index (χ1) is 10.7. The molecule has 2 fully saturated rings. The first-order valence-electron chi connectivity index (χ1n) is 7.88. The minimum atomic E-state index is 0.00508. The Morgan fingerprint density at radius 1 is 1.41 bits per heavy atom. The van der Waals surface area contributed by atoms with Crippen LogP contribution in [0.2, 0.25) is 0 Å². The van der Waals surface area contributed by atoms with Gasteiger partial charge >= 0.3 is 6.03 Å². The van der Waals surface area contributed by atoms with Gasteiger partial charge in [-0.15, -0.1) is 0 Å². The summed E-state index contributed by atoms with van der Waals surface area (Å²) in [7, 11) is 0. The predicted molar refractivity (Wildman–Crippen MR) is 79.0 cm³/mol. The summed E-state index contributed by atoms with van der Waals surface area (Å²) in [6.07, 6.45) is 6.37. The number of piperidine rings is 1. The van der Waals surface area contributed by atoms with Gasteiger partial charge in [0.15, 0.2) is 0 Å². The molecule has 3 heterocycles. The summed E-state index contributed by atoms with van der Waals surface area (Å²) >= 11 is 0. The molecule has 3 rings (SSSR count). The van der Waals surface area contributed by atoms with Gasteiger partial charge in [-0.1, -0.05) is 0 Å². The molecule has 0 saturated carbocycles. The Bertz CT molecular complexity index is 517. The van der Waals surface area contributed by atoms with Crippen LogP contribution in [0.5, 0.6) is 0 Å². The molecular weight excluding hydrogens is 284 g/mol. The van der Waals surface area contributed by atoms with Crippen molar-refractivity contribution in [3.8, 4) is 0 Å². The average Bonchev–Trinajstić information content (AvgIpc) is 3.19. The normalized spacial score (nSPS) is 22.0. The number of nitrogens with one attached hydrogen (secondary N) is 1. The number of aryl methyl sites for hydroxylation is 1. The fraction of sp³-hybridized carbons (Fsp3) is 0.714. The van der Waals surface area contributed by atoms with Crippen LogP contribution in [0.15, 0.2) is 12.7 Å². The predicted octanol–water partition coefficient (Wildman–Crippen LogP) is 0.0745. The lowest BCUT2D eigenvalue weighted by atomic mass is 10.0. The number of carbonyl (C=O) groups excluding carboxylic acids is 2. The van der Waals surface area contributed by atoms with Crippen molar-refractivity contribution in [3.63, 3.8) is 0 Å². The highest BCUT2D eigenvalue weighted by Gasteiger charge is 2.32. The van der Waals surface area contributed by atoms with E-state index in [4.69, 9.17) is 0 Å². The lowest BCUT2D eigenvalue weighted by Crippen LogP contribution is -2.50. The van der Waals surface area contributed by atoms with E-state index >= 15 is 0 Å². The fourth-order valence-corrected chi connectivity index (χ4v) is 3.17. The third-order valence-electron chi connectivity index (χ3n) is 4.32. The molecule has 8 nitrogen and oxygen atoms in total. The molecule has 8 heteroatoms. The van der Waals surface area contributed by atoms with E-state index in [0.717, 1.165) is 32.4 Å². The summed E-state index contributed by atoms with van der Waals surface area (Å²) in [6, 6.07) is 0.168. The second kappa shape index (κ2) is 6.76. The van der Waals surface area contributed by atoms with Gasteiger partial charge in [0.05, 0.1) is 6.04 Å². The van der Waals surface area contributed by atoms with E-state index in [9.17, 15) is 9.59 Å². The van der Waals surface area contributed by atoms with Gasteiger partial charge in [-0.05, 0) is 19.3 Å². The molecule has 1 atom stereocenters. The van der Waals surface area contributed by atoms with E-state index in [1.807, 2.05) is 9.80 Å². The average molecular weight is 306 g/mol.